The predicted octanol–water partition coefficient (Wildman–Crippen LogP) is 2.40. The number of allylic oxidation sites excluding steroid dienone is 1. The molecule has 0 unspecified atom stereocenters. The maximum atomic E-state index is 11.7. The number of nitriles is 1. The fourth-order valence-corrected chi connectivity index (χ4v) is 1.90. The second kappa shape index (κ2) is 7.06. The Morgan fingerprint density at radius 2 is 2.33 bits per heavy atom. The third-order valence-corrected chi connectivity index (χ3v) is 2.83. The van der Waals surface area contributed by atoms with Crippen molar-refractivity contribution in [2.75, 3.05) is 6.61 Å². The van der Waals surface area contributed by atoms with Crippen LogP contribution in [-0.2, 0) is 16.1 Å². The van der Waals surface area contributed by atoms with Gasteiger partial charge in [0, 0.05) is 18.5 Å². The summed E-state index contributed by atoms with van der Waals surface area (Å²) in [4.78, 5) is 11.7. The molecule has 0 aliphatic rings. The molecule has 2 rings (SSSR count). The SMILES string of the molecule is CCOC(=O)C=C(Cn1cccn1)c1cccc(C#N)c1. The van der Waals surface area contributed by atoms with Gasteiger partial charge in [0.2, 0.25) is 0 Å². The Kier molecular flexibility index (Phi) is 4.89. The van der Waals surface area contributed by atoms with E-state index >= 15 is 0 Å². The summed E-state index contributed by atoms with van der Waals surface area (Å²) in [6.07, 6.45) is 4.93. The molecule has 0 saturated carbocycles. The molecule has 1 heterocycles. The zero-order valence-electron chi connectivity index (χ0n) is 11.7. The van der Waals surface area contributed by atoms with Gasteiger partial charge in [-0.3, -0.25) is 4.68 Å². The summed E-state index contributed by atoms with van der Waals surface area (Å²) in [5, 5.41) is 13.1. The van der Waals surface area contributed by atoms with E-state index < -0.39 is 5.97 Å². The Bertz CT molecular complexity index is 682. The number of rotatable bonds is 5. The van der Waals surface area contributed by atoms with Gasteiger partial charge in [0.05, 0.1) is 24.8 Å². The van der Waals surface area contributed by atoms with Crippen LogP contribution < -0.4 is 0 Å². The van der Waals surface area contributed by atoms with Crippen molar-refractivity contribution in [3.63, 3.8) is 0 Å². The molecular weight excluding hydrogens is 266 g/mol. The summed E-state index contributed by atoms with van der Waals surface area (Å²) in [7, 11) is 0. The Morgan fingerprint density at radius 3 is 3.00 bits per heavy atom. The Labute approximate surface area is 123 Å². The van der Waals surface area contributed by atoms with Gasteiger partial charge in [-0.25, -0.2) is 4.79 Å². The fraction of sp³-hybridized carbons (Fsp3) is 0.188. The average Bonchev–Trinajstić information content (AvgIpc) is 3.00. The van der Waals surface area contributed by atoms with Crippen LogP contribution in [-0.4, -0.2) is 22.4 Å². The van der Waals surface area contributed by atoms with Crippen LogP contribution in [0.5, 0.6) is 0 Å². The van der Waals surface area contributed by atoms with Gasteiger partial charge in [0.15, 0.2) is 0 Å². The molecule has 0 atom stereocenters. The van der Waals surface area contributed by atoms with Crippen molar-refractivity contribution >= 4 is 11.5 Å². The van der Waals surface area contributed by atoms with Crippen LogP contribution >= 0.6 is 0 Å². The highest BCUT2D eigenvalue weighted by Crippen LogP contribution is 2.18. The van der Waals surface area contributed by atoms with Gasteiger partial charge < -0.3 is 4.74 Å². The lowest BCUT2D eigenvalue weighted by Gasteiger charge is -2.09. The van der Waals surface area contributed by atoms with E-state index in [1.54, 1.807) is 36.0 Å². The van der Waals surface area contributed by atoms with Crippen molar-refractivity contribution < 1.29 is 9.53 Å². The molecule has 0 aliphatic carbocycles. The molecular formula is C16H15N3O2. The zero-order chi connectivity index (χ0) is 15.1. The maximum absolute atomic E-state index is 11.7. The molecule has 1 aromatic carbocycles. The first-order chi connectivity index (χ1) is 10.2. The minimum Gasteiger partial charge on any atom is -0.463 e. The summed E-state index contributed by atoms with van der Waals surface area (Å²) in [5.41, 5.74) is 2.09. The van der Waals surface area contributed by atoms with Crippen LogP contribution in [0.4, 0.5) is 0 Å². The van der Waals surface area contributed by atoms with E-state index in [4.69, 9.17) is 10.00 Å². The predicted molar refractivity (Wildman–Crippen MR) is 78.0 cm³/mol. The highest BCUT2D eigenvalue weighted by Gasteiger charge is 2.08. The van der Waals surface area contributed by atoms with Gasteiger partial charge in [-0.15, -0.1) is 0 Å². The van der Waals surface area contributed by atoms with Crippen molar-refractivity contribution in [1.82, 2.24) is 9.78 Å². The molecule has 0 spiro atoms. The number of hydrogen-bond donors (Lipinski definition) is 0. The second-order valence-electron chi connectivity index (χ2n) is 4.32. The molecule has 21 heavy (non-hydrogen) atoms. The Hall–Kier alpha value is -2.87. The standard InChI is InChI=1S/C16H15N3O2/c1-2-21-16(20)10-15(12-19-8-4-7-18-19)14-6-3-5-13(9-14)11-17/h3-10H,2,12H2,1H3. The van der Waals surface area contributed by atoms with E-state index in [1.807, 2.05) is 18.3 Å². The van der Waals surface area contributed by atoms with Gasteiger partial charge >= 0.3 is 5.97 Å². The first-order valence-electron chi connectivity index (χ1n) is 6.58. The van der Waals surface area contributed by atoms with E-state index in [1.165, 1.54) is 6.08 Å². The van der Waals surface area contributed by atoms with E-state index in [2.05, 4.69) is 11.2 Å². The highest BCUT2D eigenvalue weighted by atomic mass is 16.5. The number of nitrogens with zero attached hydrogens (tertiary/aromatic N) is 3. The van der Waals surface area contributed by atoms with E-state index in [0.717, 1.165) is 11.1 Å². The van der Waals surface area contributed by atoms with Gasteiger partial charge in [0.25, 0.3) is 0 Å². The molecule has 0 N–H and O–H groups in total. The van der Waals surface area contributed by atoms with Crippen molar-refractivity contribution in [3.05, 3.63) is 59.9 Å². The quantitative estimate of drug-likeness (QED) is 0.623. The van der Waals surface area contributed by atoms with Crippen molar-refractivity contribution in [2.45, 2.75) is 13.5 Å². The number of esters is 1. The molecule has 0 fully saturated rings. The molecule has 0 amide bonds. The fourth-order valence-electron chi connectivity index (χ4n) is 1.90. The molecule has 0 saturated heterocycles. The molecule has 106 valence electrons. The van der Waals surface area contributed by atoms with Gasteiger partial charge in [0.1, 0.15) is 0 Å². The lowest BCUT2D eigenvalue weighted by Crippen LogP contribution is -2.06. The summed E-state index contributed by atoms with van der Waals surface area (Å²) < 4.78 is 6.67. The lowest BCUT2D eigenvalue weighted by molar-refractivity contribution is -0.137. The molecule has 5 heteroatoms. The number of benzene rings is 1. The molecule has 1 aromatic heterocycles. The van der Waals surface area contributed by atoms with Crippen LogP contribution in [0.15, 0.2) is 48.8 Å². The number of ether oxygens (including phenoxy) is 1. The smallest absolute Gasteiger partial charge is 0.331 e. The molecule has 0 bridgehead atoms. The second-order valence-corrected chi connectivity index (χ2v) is 4.32. The van der Waals surface area contributed by atoms with Crippen molar-refractivity contribution in [2.24, 2.45) is 0 Å². The zero-order valence-corrected chi connectivity index (χ0v) is 11.7. The van der Waals surface area contributed by atoms with Crippen molar-refractivity contribution in [1.29, 1.82) is 5.26 Å². The topological polar surface area (TPSA) is 67.9 Å². The Balaban J connectivity index is 2.34. The van der Waals surface area contributed by atoms with Gasteiger partial charge in [-0.1, -0.05) is 12.1 Å². The first-order valence-corrected chi connectivity index (χ1v) is 6.58. The minimum atomic E-state index is -0.401. The average molecular weight is 281 g/mol. The number of hydrogen-bond acceptors (Lipinski definition) is 4. The van der Waals surface area contributed by atoms with Gasteiger partial charge in [-0.05, 0) is 36.3 Å². The molecule has 5 nitrogen and oxygen atoms in total. The molecule has 0 aliphatic heterocycles. The van der Waals surface area contributed by atoms with Crippen LogP contribution in [0, 0.1) is 11.3 Å². The number of carbonyl (C=O) groups is 1. The number of aromatic nitrogens is 2. The molecule has 0 radical (unpaired) electrons. The number of carbonyl (C=O) groups excluding carboxylic acids is 1. The lowest BCUT2D eigenvalue weighted by atomic mass is 10.0. The van der Waals surface area contributed by atoms with Crippen LogP contribution in [0.3, 0.4) is 0 Å². The normalized spacial score (nSPS) is 11.0. The summed E-state index contributed by atoms with van der Waals surface area (Å²) in [6.45, 7) is 2.51. The first kappa shape index (κ1) is 14.5. The van der Waals surface area contributed by atoms with E-state index in [-0.39, 0.29) is 0 Å². The van der Waals surface area contributed by atoms with Crippen molar-refractivity contribution in [3.8, 4) is 6.07 Å². The third kappa shape index (κ3) is 4.05. The van der Waals surface area contributed by atoms with E-state index in [0.29, 0.717) is 18.7 Å². The highest BCUT2D eigenvalue weighted by molar-refractivity contribution is 5.91. The Morgan fingerprint density at radius 1 is 1.48 bits per heavy atom. The van der Waals surface area contributed by atoms with Crippen LogP contribution in [0.2, 0.25) is 0 Å². The minimum absolute atomic E-state index is 0.322. The van der Waals surface area contributed by atoms with Crippen LogP contribution in [0.25, 0.3) is 5.57 Å². The van der Waals surface area contributed by atoms with Gasteiger partial charge in [-0.2, -0.15) is 10.4 Å². The summed E-state index contributed by atoms with van der Waals surface area (Å²) in [6, 6.07) is 11.0. The largest absolute Gasteiger partial charge is 0.463 e. The monoisotopic (exact) mass is 281 g/mol. The van der Waals surface area contributed by atoms with Crippen LogP contribution in [0.1, 0.15) is 18.1 Å². The van der Waals surface area contributed by atoms with E-state index in [9.17, 15) is 4.79 Å². The maximum Gasteiger partial charge on any atom is 0.331 e. The summed E-state index contributed by atoms with van der Waals surface area (Å²) >= 11 is 0. The molecule has 2 aromatic rings. The third-order valence-electron chi connectivity index (χ3n) is 2.83. The summed E-state index contributed by atoms with van der Waals surface area (Å²) in [5.74, 6) is -0.401.